The standard InChI is InChI=1S/C17H34N2O/c1-6-18(7-2)12-8-9-16(20)19-13-10-17(5,11-14-19)15(3)4/h15H,6-14H2,1-5H3. The van der Waals surface area contributed by atoms with E-state index in [2.05, 4.69) is 44.4 Å². The zero-order valence-corrected chi connectivity index (χ0v) is 14.2. The van der Waals surface area contributed by atoms with Crippen LogP contribution in [0.15, 0.2) is 0 Å². The van der Waals surface area contributed by atoms with Crippen molar-refractivity contribution in [2.75, 3.05) is 32.7 Å². The van der Waals surface area contributed by atoms with Crippen LogP contribution < -0.4 is 0 Å². The number of hydrogen-bond acceptors (Lipinski definition) is 2. The smallest absolute Gasteiger partial charge is 0.222 e. The van der Waals surface area contributed by atoms with Crippen LogP contribution in [0.5, 0.6) is 0 Å². The molecule has 0 aromatic heterocycles. The Hall–Kier alpha value is -0.570. The van der Waals surface area contributed by atoms with E-state index in [0.717, 1.165) is 58.4 Å². The maximum atomic E-state index is 12.2. The Balaban J connectivity index is 2.29. The summed E-state index contributed by atoms with van der Waals surface area (Å²) in [5.74, 6) is 1.07. The second-order valence-corrected chi connectivity index (χ2v) is 6.82. The van der Waals surface area contributed by atoms with E-state index < -0.39 is 0 Å². The maximum Gasteiger partial charge on any atom is 0.222 e. The molecule has 0 aromatic carbocycles. The van der Waals surface area contributed by atoms with Gasteiger partial charge in [0.05, 0.1) is 0 Å². The van der Waals surface area contributed by atoms with Crippen molar-refractivity contribution in [1.82, 2.24) is 9.80 Å². The van der Waals surface area contributed by atoms with Crippen LogP contribution in [0.4, 0.5) is 0 Å². The molecule has 1 aliphatic heterocycles. The van der Waals surface area contributed by atoms with Gasteiger partial charge in [0.2, 0.25) is 5.91 Å². The van der Waals surface area contributed by atoms with Gasteiger partial charge < -0.3 is 9.80 Å². The summed E-state index contributed by atoms with van der Waals surface area (Å²) in [7, 11) is 0. The summed E-state index contributed by atoms with van der Waals surface area (Å²) in [6.07, 6.45) is 4.03. The van der Waals surface area contributed by atoms with Crippen molar-refractivity contribution in [2.24, 2.45) is 11.3 Å². The molecule has 0 atom stereocenters. The number of amides is 1. The zero-order valence-electron chi connectivity index (χ0n) is 14.2. The van der Waals surface area contributed by atoms with Crippen molar-refractivity contribution in [2.45, 2.75) is 60.3 Å². The number of likely N-dealkylation sites (tertiary alicyclic amines) is 1. The number of nitrogens with zero attached hydrogens (tertiary/aromatic N) is 2. The maximum absolute atomic E-state index is 12.2. The van der Waals surface area contributed by atoms with Gasteiger partial charge in [0.25, 0.3) is 0 Å². The molecule has 0 N–H and O–H groups in total. The Morgan fingerprint density at radius 1 is 1.20 bits per heavy atom. The van der Waals surface area contributed by atoms with Gasteiger partial charge in [0.15, 0.2) is 0 Å². The molecule has 0 spiro atoms. The van der Waals surface area contributed by atoms with E-state index in [1.54, 1.807) is 0 Å². The first-order valence-corrected chi connectivity index (χ1v) is 8.43. The van der Waals surface area contributed by atoms with Gasteiger partial charge in [0, 0.05) is 19.5 Å². The van der Waals surface area contributed by atoms with E-state index in [9.17, 15) is 4.79 Å². The summed E-state index contributed by atoms with van der Waals surface area (Å²) in [6.45, 7) is 16.5. The summed E-state index contributed by atoms with van der Waals surface area (Å²) < 4.78 is 0. The van der Waals surface area contributed by atoms with Gasteiger partial charge in [0.1, 0.15) is 0 Å². The largest absolute Gasteiger partial charge is 0.343 e. The molecule has 3 heteroatoms. The monoisotopic (exact) mass is 282 g/mol. The fraction of sp³-hybridized carbons (Fsp3) is 0.941. The second-order valence-electron chi connectivity index (χ2n) is 6.82. The first kappa shape index (κ1) is 17.5. The van der Waals surface area contributed by atoms with Gasteiger partial charge in [-0.3, -0.25) is 4.79 Å². The Bertz CT molecular complexity index is 289. The van der Waals surface area contributed by atoms with E-state index in [0.29, 0.717) is 17.2 Å². The third-order valence-electron chi connectivity index (χ3n) is 5.41. The first-order chi connectivity index (χ1) is 9.42. The van der Waals surface area contributed by atoms with Gasteiger partial charge in [-0.05, 0) is 50.2 Å². The lowest BCUT2D eigenvalue weighted by atomic mass is 9.72. The van der Waals surface area contributed by atoms with Crippen molar-refractivity contribution in [3.05, 3.63) is 0 Å². The predicted molar refractivity (Wildman–Crippen MR) is 85.8 cm³/mol. The minimum atomic E-state index is 0.364. The van der Waals surface area contributed by atoms with Gasteiger partial charge in [-0.15, -0.1) is 0 Å². The highest BCUT2D eigenvalue weighted by atomic mass is 16.2. The minimum Gasteiger partial charge on any atom is -0.343 e. The van der Waals surface area contributed by atoms with Crippen LogP contribution in [-0.4, -0.2) is 48.4 Å². The molecule has 0 radical (unpaired) electrons. The molecule has 1 amide bonds. The molecule has 1 heterocycles. The summed E-state index contributed by atoms with van der Waals surface area (Å²) in [5, 5.41) is 0. The van der Waals surface area contributed by atoms with E-state index in [1.807, 2.05) is 0 Å². The van der Waals surface area contributed by atoms with Crippen LogP contribution in [0, 0.1) is 11.3 Å². The Kier molecular flexibility index (Phi) is 7.01. The first-order valence-electron chi connectivity index (χ1n) is 8.43. The summed E-state index contributed by atoms with van der Waals surface area (Å²) >= 11 is 0. The van der Waals surface area contributed by atoms with E-state index in [1.165, 1.54) is 0 Å². The van der Waals surface area contributed by atoms with Crippen LogP contribution in [-0.2, 0) is 4.79 Å². The van der Waals surface area contributed by atoms with Gasteiger partial charge in [-0.2, -0.15) is 0 Å². The van der Waals surface area contributed by atoms with Crippen molar-refractivity contribution >= 4 is 5.91 Å². The van der Waals surface area contributed by atoms with Crippen molar-refractivity contribution in [3.8, 4) is 0 Å². The third kappa shape index (κ3) is 4.76. The van der Waals surface area contributed by atoms with Crippen LogP contribution in [0.1, 0.15) is 60.3 Å². The van der Waals surface area contributed by atoms with Crippen LogP contribution in [0.2, 0.25) is 0 Å². The molecule has 0 aliphatic carbocycles. The van der Waals surface area contributed by atoms with E-state index in [4.69, 9.17) is 0 Å². The average Bonchev–Trinajstić information content (AvgIpc) is 2.44. The fourth-order valence-corrected chi connectivity index (χ4v) is 3.00. The predicted octanol–water partition coefficient (Wildman–Crippen LogP) is 3.39. The number of rotatable bonds is 7. The molecule has 1 saturated heterocycles. The van der Waals surface area contributed by atoms with Gasteiger partial charge in [-0.1, -0.05) is 34.6 Å². The SMILES string of the molecule is CCN(CC)CCCC(=O)N1CCC(C)(C(C)C)CC1. The number of piperidine rings is 1. The van der Waals surface area contributed by atoms with E-state index in [-0.39, 0.29) is 0 Å². The molecule has 118 valence electrons. The molecule has 1 fully saturated rings. The quantitative estimate of drug-likeness (QED) is 0.714. The lowest BCUT2D eigenvalue weighted by molar-refractivity contribution is -0.134. The molecule has 0 unspecified atom stereocenters. The minimum absolute atomic E-state index is 0.364. The molecular formula is C17H34N2O. The summed E-state index contributed by atoms with van der Waals surface area (Å²) in [6, 6.07) is 0. The lowest BCUT2D eigenvalue weighted by Crippen LogP contribution is -2.44. The zero-order chi connectivity index (χ0) is 15.2. The third-order valence-corrected chi connectivity index (χ3v) is 5.41. The number of carbonyl (C=O) groups excluding carboxylic acids is 1. The molecule has 1 aliphatic rings. The van der Waals surface area contributed by atoms with Crippen LogP contribution >= 0.6 is 0 Å². The van der Waals surface area contributed by atoms with Gasteiger partial charge in [-0.25, -0.2) is 0 Å². The summed E-state index contributed by atoms with van der Waals surface area (Å²) in [4.78, 5) is 16.7. The molecule has 20 heavy (non-hydrogen) atoms. The Labute approximate surface area is 125 Å². The molecular weight excluding hydrogens is 248 g/mol. The highest BCUT2D eigenvalue weighted by Crippen LogP contribution is 2.38. The lowest BCUT2D eigenvalue weighted by Gasteiger charge is -2.42. The topological polar surface area (TPSA) is 23.6 Å². The Morgan fingerprint density at radius 2 is 1.75 bits per heavy atom. The Morgan fingerprint density at radius 3 is 2.20 bits per heavy atom. The fourth-order valence-electron chi connectivity index (χ4n) is 3.00. The molecule has 3 nitrogen and oxygen atoms in total. The number of hydrogen-bond donors (Lipinski definition) is 0. The normalized spacial score (nSPS) is 18.9. The van der Waals surface area contributed by atoms with Crippen LogP contribution in [0.25, 0.3) is 0 Å². The van der Waals surface area contributed by atoms with Crippen molar-refractivity contribution in [3.63, 3.8) is 0 Å². The van der Waals surface area contributed by atoms with E-state index >= 15 is 0 Å². The number of carbonyl (C=O) groups is 1. The highest BCUT2D eigenvalue weighted by molar-refractivity contribution is 5.76. The van der Waals surface area contributed by atoms with Crippen LogP contribution in [0.3, 0.4) is 0 Å². The summed E-state index contributed by atoms with van der Waals surface area (Å²) in [5.41, 5.74) is 0.429. The molecule has 1 rings (SSSR count). The second kappa shape index (κ2) is 8.02. The molecule has 0 aromatic rings. The molecule has 0 bridgehead atoms. The van der Waals surface area contributed by atoms with Crippen molar-refractivity contribution in [1.29, 1.82) is 0 Å². The highest BCUT2D eigenvalue weighted by Gasteiger charge is 2.33. The van der Waals surface area contributed by atoms with Gasteiger partial charge >= 0.3 is 0 Å². The molecule has 0 saturated carbocycles. The average molecular weight is 282 g/mol. The van der Waals surface area contributed by atoms with Crippen molar-refractivity contribution < 1.29 is 4.79 Å².